The van der Waals surface area contributed by atoms with Crippen LogP contribution in [-0.2, 0) is 0 Å². The zero-order valence-electron chi connectivity index (χ0n) is 14.9. The van der Waals surface area contributed by atoms with Gasteiger partial charge in [0, 0.05) is 17.3 Å². The van der Waals surface area contributed by atoms with E-state index in [-0.39, 0.29) is 11.4 Å². The molecular weight excluding hydrogens is 394 g/mol. The first-order valence-electron chi connectivity index (χ1n) is 8.53. The first-order chi connectivity index (χ1) is 14.1. The van der Waals surface area contributed by atoms with Gasteiger partial charge < -0.3 is 4.42 Å². The summed E-state index contributed by atoms with van der Waals surface area (Å²) in [6.45, 7) is 0. The third-order valence-corrected chi connectivity index (χ3v) is 4.19. The Labute approximate surface area is 170 Å². The zero-order valence-corrected chi connectivity index (χ0v) is 15.6. The molecule has 3 aromatic heterocycles. The number of halogens is 1. The van der Waals surface area contributed by atoms with Gasteiger partial charge in [-0.05, 0) is 42.5 Å². The van der Waals surface area contributed by atoms with Crippen molar-refractivity contribution in [1.82, 2.24) is 25.6 Å². The number of nitrogens with zero attached hydrogens (tertiary/aromatic N) is 3. The Hall–Kier alpha value is -3.91. The summed E-state index contributed by atoms with van der Waals surface area (Å²) in [5, 5.41) is 4.87. The first kappa shape index (κ1) is 18.5. The molecule has 8 nitrogen and oxygen atoms in total. The largest absolute Gasteiger partial charge is 0.463 e. The lowest BCUT2D eigenvalue weighted by Crippen LogP contribution is -2.42. The normalized spacial score (nSPS) is 10.5. The van der Waals surface area contributed by atoms with Gasteiger partial charge in [-0.3, -0.25) is 25.4 Å². The van der Waals surface area contributed by atoms with E-state index in [2.05, 4.69) is 20.9 Å². The summed E-state index contributed by atoms with van der Waals surface area (Å²) < 4.78 is 7.00. The molecule has 0 unspecified atom stereocenters. The van der Waals surface area contributed by atoms with Crippen LogP contribution in [0.1, 0.15) is 21.0 Å². The summed E-state index contributed by atoms with van der Waals surface area (Å²) in [6, 6.07) is 17.0. The summed E-state index contributed by atoms with van der Waals surface area (Å²) >= 11 is 6.09. The van der Waals surface area contributed by atoms with Crippen LogP contribution >= 0.6 is 11.6 Å². The summed E-state index contributed by atoms with van der Waals surface area (Å²) in [6.07, 6.45) is 3.01. The third-order valence-electron chi connectivity index (χ3n) is 3.96. The minimum absolute atomic E-state index is 0.0812. The second-order valence-corrected chi connectivity index (χ2v) is 6.34. The maximum atomic E-state index is 12.5. The van der Waals surface area contributed by atoms with Gasteiger partial charge in [0.05, 0.1) is 12.0 Å². The minimum atomic E-state index is -0.595. The van der Waals surface area contributed by atoms with Gasteiger partial charge >= 0.3 is 0 Å². The van der Waals surface area contributed by atoms with E-state index in [0.29, 0.717) is 22.2 Å². The molecular formula is C20H14ClN5O3. The monoisotopic (exact) mass is 407 g/mol. The molecule has 0 aliphatic heterocycles. The molecule has 144 valence electrons. The Bertz CT molecular complexity index is 1160. The highest BCUT2D eigenvalue weighted by molar-refractivity contribution is 6.30. The molecule has 1 aromatic carbocycles. The van der Waals surface area contributed by atoms with E-state index in [9.17, 15) is 9.59 Å². The number of hydrogen-bond acceptors (Lipinski definition) is 5. The Morgan fingerprint density at radius 1 is 0.931 bits per heavy atom. The predicted octanol–water partition coefficient (Wildman–Crippen LogP) is 3.26. The van der Waals surface area contributed by atoms with Crippen molar-refractivity contribution in [2.75, 3.05) is 0 Å². The molecule has 2 N–H and O–H groups in total. The van der Waals surface area contributed by atoms with Crippen molar-refractivity contribution in [3.05, 3.63) is 89.5 Å². The van der Waals surface area contributed by atoms with E-state index in [1.165, 1.54) is 18.5 Å². The van der Waals surface area contributed by atoms with E-state index in [1.807, 2.05) is 0 Å². The number of aromatic nitrogens is 3. The number of furan rings is 1. The number of nitrogens with one attached hydrogen (secondary N) is 2. The molecule has 0 bridgehead atoms. The van der Waals surface area contributed by atoms with Crippen LogP contribution in [0.5, 0.6) is 0 Å². The van der Waals surface area contributed by atoms with Crippen molar-refractivity contribution in [1.29, 1.82) is 0 Å². The van der Waals surface area contributed by atoms with Crippen LogP contribution in [0.15, 0.2) is 77.5 Å². The lowest BCUT2D eigenvalue weighted by atomic mass is 10.2. The highest BCUT2D eigenvalue weighted by atomic mass is 35.5. The van der Waals surface area contributed by atoms with Crippen LogP contribution in [0.4, 0.5) is 0 Å². The average Bonchev–Trinajstić information content (AvgIpc) is 3.42. The quantitative estimate of drug-likeness (QED) is 0.505. The first-order valence-corrected chi connectivity index (χ1v) is 8.91. The van der Waals surface area contributed by atoms with Crippen LogP contribution < -0.4 is 10.9 Å². The molecule has 0 saturated heterocycles. The van der Waals surface area contributed by atoms with Crippen LogP contribution in [0.2, 0.25) is 5.02 Å². The van der Waals surface area contributed by atoms with E-state index in [4.69, 9.17) is 16.0 Å². The molecule has 4 rings (SSSR count). The summed E-state index contributed by atoms with van der Waals surface area (Å²) in [5.74, 6) is -0.614. The molecule has 0 saturated carbocycles. The second kappa shape index (κ2) is 7.99. The number of hydrogen-bond donors (Lipinski definition) is 2. The lowest BCUT2D eigenvalue weighted by molar-refractivity contribution is 0.0841. The standard InChI is InChI=1S/C20H14ClN5O3/c21-13-5-3-6-14(11-13)26-17(18-8-4-10-29-18)12-16(25-26)20(28)24-23-19(27)15-7-1-2-9-22-15/h1-12H,(H,23,27)(H,24,28). The summed E-state index contributed by atoms with van der Waals surface area (Å²) in [5.41, 5.74) is 6.11. The molecule has 0 fully saturated rings. The Balaban J connectivity index is 1.60. The number of carbonyl (C=O) groups excluding carboxylic acids is 2. The summed E-state index contributed by atoms with van der Waals surface area (Å²) in [4.78, 5) is 28.5. The van der Waals surface area contributed by atoms with Gasteiger partial charge in [-0.15, -0.1) is 0 Å². The molecule has 3 heterocycles. The molecule has 9 heteroatoms. The Morgan fingerprint density at radius 3 is 2.45 bits per heavy atom. The van der Waals surface area contributed by atoms with E-state index in [0.717, 1.165) is 0 Å². The van der Waals surface area contributed by atoms with Crippen molar-refractivity contribution in [3.8, 4) is 17.1 Å². The number of amides is 2. The van der Waals surface area contributed by atoms with Crippen LogP contribution in [-0.4, -0.2) is 26.6 Å². The second-order valence-electron chi connectivity index (χ2n) is 5.91. The molecule has 0 atom stereocenters. The van der Waals surface area contributed by atoms with Gasteiger partial charge in [-0.2, -0.15) is 5.10 Å². The van der Waals surface area contributed by atoms with E-state index in [1.54, 1.807) is 59.3 Å². The zero-order chi connectivity index (χ0) is 20.2. The van der Waals surface area contributed by atoms with Crippen molar-refractivity contribution in [3.63, 3.8) is 0 Å². The van der Waals surface area contributed by atoms with Crippen LogP contribution in [0, 0.1) is 0 Å². The molecule has 2 amide bonds. The molecule has 0 aliphatic rings. The van der Waals surface area contributed by atoms with Gasteiger partial charge in [0.15, 0.2) is 11.5 Å². The summed E-state index contributed by atoms with van der Waals surface area (Å²) in [7, 11) is 0. The number of pyridine rings is 1. The van der Waals surface area contributed by atoms with Gasteiger partial charge in [-0.1, -0.05) is 23.7 Å². The lowest BCUT2D eigenvalue weighted by Gasteiger charge is -2.06. The third kappa shape index (κ3) is 4.02. The van der Waals surface area contributed by atoms with E-state index < -0.39 is 11.8 Å². The van der Waals surface area contributed by atoms with Crippen molar-refractivity contribution in [2.24, 2.45) is 0 Å². The Kier molecular flexibility index (Phi) is 5.08. The van der Waals surface area contributed by atoms with Crippen molar-refractivity contribution < 1.29 is 14.0 Å². The highest BCUT2D eigenvalue weighted by Gasteiger charge is 2.19. The van der Waals surface area contributed by atoms with Gasteiger partial charge in [0.1, 0.15) is 11.4 Å². The highest BCUT2D eigenvalue weighted by Crippen LogP contribution is 2.25. The Morgan fingerprint density at radius 2 is 1.76 bits per heavy atom. The van der Waals surface area contributed by atoms with Gasteiger partial charge in [0.2, 0.25) is 0 Å². The smallest absolute Gasteiger partial charge is 0.290 e. The fourth-order valence-corrected chi connectivity index (χ4v) is 2.82. The topological polar surface area (TPSA) is 102 Å². The maximum Gasteiger partial charge on any atom is 0.290 e. The fraction of sp³-hybridized carbons (Fsp3) is 0. The van der Waals surface area contributed by atoms with E-state index >= 15 is 0 Å². The van der Waals surface area contributed by atoms with Crippen molar-refractivity contribution >= 4 is 23.4 Å². The number of rotatable bonds is 4. The van der Waals surface area contributed by atoms with Crippen LogP contribution in [0.3, 0.4) is 0 Å². The number of benzene rings is 1. The molecule has 29 heavy (non-hydrogen) atoms. The molecule has 0 aliphatic carbocycles. The maximum absolute atomic E-state index is 12.5. The van der Waals surface area contributed by atoms with Crippen LogP contribution in [0.25, 0.3) is 17.1 Å². The van der Waals surface area contributed by atoms with Gasteiger partial charge in [0.25, 0.3) is 11.8 Å². The number of hydrazine groups is 1. The number of carbonyl (C=O) groups is 2. The predicted molar refractivity (Wildman–Crippen MR) is 105 cm³/mol. The molecule has 0 radical (unpaired) electrons. The molecule has 4 aromatic rings. The van der Waals surface area contributed by atoms with Crippen molar-refractivity contribution in [2.45, 2.75) is 0 Å². The minimum Gasteiger partial charge on any atom is -0.463 e. The SMILES string of the molecule is O=C(NNC(=O)c1cc(-c2ccco2)n(-c2cccc(Cl)c2)n1)c1ccccn1. The fourth-order valence-electron chi connectivity index (χ4n) is 2.64. The molecule has 0 spiro atoms. The van der Waals surface area contributed by atoms with Gasteiger partial charge in [-0.25, -0.2) is 4.68 Å². The average molecular weight is 408 g/mol.